The molecule has 0 aromatic heterocycles. The Hall–Kier alpha value is -2.08. The molecule has 0 nitrogen and oxygen atoms in total. The molecule has 0 saturated carbocycles. The third-order valence-electron chi connectivity index (χ3n) is 6.07. The third kappa shape index (κ3) is 3.43. The van der Waals surface area contributed by atoms with Crippen LogP contribution in [0.25, 0.3) is 11.1 Å². The summed E-state index contributed by atoms with van der Waals surface area (Å²) >= 11 is 0. The van der Waals surface area contributed by atoms with Crippen molar-refractivity contribution in [1.29, 1.82) is 0 Å². The lowest BCUT2D eigenvalue weighted by atomic mass is 9.81. The molecule has 2 aliphatic rings. The molecule has 2 aliphatic carbocycles. The Morgan fingerprint density at radius 2 is 1.41 bits per heavy atom. The summed E-state index contributed by atoms with van der Waals surface area (Å²) in [5.41, 5.74) is 10.8. The van der Waals surface area contributed by atoms with Gasteiger partial charge in [-0.25, -0.2) is 0 Å². The van der Waals surface area contributed by atoms with Gasteiger partial charge in [0.1, 0.15) is 0 Å². The molecule has 2 aromatic rings. The van der Waals surface area contributed by atoms with E-state index in [1.165, 1.54) is 38.9 Å². The van der Waals surface area contributed by atoms with Gasteiger partial charge in [0.2, 0.25) is 0 Å². The van der Waals surface area contributed by atoms with Crippen molar-refractivity contribution < 1.29 is 0 Å². The highest BCUT2D eigenvalue weighted by Gasteiger charge is 2.27. The second kappa shape index (κ2) is 6.23. The number of benzene rings is 2. The zero-order valence-electron chi connectivity index (χ0n) is 17.7. The van der Waals surface area contributed by atoms with E-state index >= 15 is 0 Å². The minimum Gasteiger partial charge on any atom is -0.0773 e. The molecule has 0 atom stereocenters. The van der Waals surface area contributed by atoms with E-state index in [0.29, 0.717) is 5.92 Å². The van der Waals surface area contributed by atoms with Crippen LogP contribution in [0.15, 0.2) is 54.6 Å². The summed E-state index contributed by atoms with van der Waals surface area (Å²) in [5.74, 6) is 0.530. The molecule has 27 heavy (non-hydrogen) atoms. The summed E-state index contributed by atoms with van der Waals surface area (Å²) in [7, 11) is 0. The van der Waals surface area contributed by atoms with Gasteiger partial charge in [-0.3, -0.25) is 0 Å². The minimum atomic E-state index is 0.177. The molecule has 4 rings (SSSR count). The first-order chi connectivity index (χ1) is 12.6. The van der Waals surface area contributed by atoms with Gasteiger partial charge in [-0.2, -0.15) is 0 Å². The first-order valence-corrected chi connectivity index (χ1v) is 10.3. The highest BCUT2D eigenvalue weighted by molar-refractivity contribution is 5.80. The zero-order chi connectivity index (χ0) is 19.4. The van der Waals surface area contributed by atoms with Gasteiger partial charge in [-0.15, -0.1) is 0 Å². The predicted molar refractivity (Wildman–Crippen MR) is 118 cm³/mol. The number of hydrogen-bond donors (Lipinski definition) is 0. The van der Waals surface area contributed by atoms with Crippen LogP contribution >= 0.6 is 0 Å². The van der Waals surface area contributed by atoms with Gasteiger partial charge in [0.25, 0.3) is 0 Å². The largest absolute Gasteiger partial charge is 0.0773 e. The Kier molecular flexibility index (Phi) is 4.22. The smallest absolute Gasteiger partial charge is 0.000661 e. The SMILES string of the molecule is CC(C)(C)c1ccc2c(c1)Cc1cc(C(C)(C)C)cc(CC3C=CC=C3)c1-2. The maximum atomic E-state index is 2.48. The Morgan fingerprint density at radius 3 is 2.04 bits per heavy atom. The van der Waals surface area contributed by atoms with E-state index in [1.54, 1.807) is 0 Å². The quantitative estimate of drug-likeness (QED) is 0.458. The summed E-state index contributed by atoms with van der Waals surface area (Å²) in [5, 5.41) is 0. The predicted octanol–water partition coefficient (Wildman–Crippen LogP) is 7.14. The number of fused-ring (bicyclic) bond motifs is 3. The lowest BCUT2D eigenvalue weighted by Crippen LogP contribution is -2.13. The molecule has 140 valence electrons. The third-order valence-corrected chi connectivity index (χ3v) is 6.07. The normalized spacial score (nSPS) is 16.1. The van der Waals surface area contributed by atoms with Crippen LogP contribution in [0.4, 0.5) is 0 Å². The van der Waals surface area contributed by atoms with Crippen LogP contribution in [0.2, 0.25) is 0 Å². The molecule has 0 aliphatic heterocycles. The standard InChI is InChI=1S/C27H32/c1-26(2,3)22-11-12-24-19(15-22)14-21-17-23(27(4,5)6)16-20(25(21)24)13-18-9-7-8-10-18/h7-12,15-18H,13-14H2,1-6H3. The maximum absolute atomic E-state index is 2.48. The van der Waals surface area contributed by atoms with Gasteiger partial charge >= 0.3 is 0 Å². The van der Waals surface area contributed by atoms with Crippen LogP contribution in [-0.2, 0) is 23.7 Å². The molecule has 0 amide bonds. The van der Waals surface area contributed by atoms with Gasteiger partial charge in [-0.1, -0.05) is 96.2 Å². The van der Waals surface area contributed by atoms with Crippen LogP contribution in [0.3, 0.4) is 0 Å². The number of rotatable bonds is 2. The van der Waals surface area contributed by atoms with Crippen molar-refractivity contribution in [2.24, 2.45) is 5.92 Å². The molecule has 0 fully saturated rings. The lowest BCUT2D eigenvalue weighted by molar-refractivity contribution is 0.588. The molecule has 0 N–H and O–H groups in total. The fraction of sp³-hybridized carbons (Fsp3) is 0.407. The minimum absolute atomic E-state index is 0.177. The Balaban J connectivity index is 1.84. The van der Waals surface area contributed by atoms with Gasteiger partial charge in [-0.05, 0) is 68.5 Å². The fourth-order valence-corrected chi connectivity index (χ4v) is 4.37. The monoisotopic (exact) mass is 356 g/mol. The highest BCUT2D eigenvalue weighted by Crippen LogP contribution is 2.43. The molecule has 0 radical (unpaired) electrons. The van der Waals surface area contributed by atoms with E-state index in [4.69, 9.17) is 0 Å². The second-order valence-electron chi connectivity index (χ2n) is 10.4. The summed E-state index contributed by atoms with van der Waals surface area (Å²) in [6.07, 6.45) is 11.2. The topological polar surface area (TPSA) is 0 Å². The van der Waals surface area contributed by atoms with Crippen molar-refractivity contribution in [2.75, 3.05) is 0 Å². The number of allylic oxidation sites excluding steroid dienone is 4. The van der Waals surface area contributed by atoms with Gasteiger partial charge < -0.3 is 0 Å². The van der Waals surface area contributed by atoms with Crippen molar-refractivity contribution in [1.82, 2.24) is 0 Å². The van der Waals surface area contributed by atoms with Crippen LogP contribution in [0.5, 0.6) is 0 Å². The van der Waals surface area contributed by atoms with E-state index in [1.807, 2.05) is 0 Å². The van der Waals surface area contributed by atoms with Crippen molar-refractivity contribution in [3.05, 3.63) is 82.5 Å². The lowest BCUT2D eigenvalue weighted by Gasteiger charge is -2.23. The molecule has 2 aromatic carbocycles. The maximum Gasteiger partial charge on any atom is -0.000661 e. The van der Waals surface area contributed by atoms with E-state index in [0.717, 1.165) is 12.8 Å². The van der Waals surface area contributed by atoms with Gasteiger partial charge in [0, 0.05) is 0 Å². The summed E-state index contributed by atoms with van der Waals surface area (Å²) in [6.45, 7) is 13.9. The van der Waals surface area contributed by atoms with Crippen LogP contribution < -0.4 is 0 Å². The fourth-order valence-electron chi connectivity index (χ4n) is 4.37. The Morgan fingerprint density at radius 1 is 0.778 bits per heavy atom. The van der Waals surface area contributed by atoms with Crippen LogP contribution in [0.1, 0.15) is 69.4 Å². The van der Waals surface area contributed by atoms with Gasteiger partial charge in [0.15, 0.2) is 0 Å². The molecule has 0 saturated heterocycles. The summed E-state index contributed by atoms with van der Waals surface area (Å²) < 4.78 is 0. The van der Waals surface area contributed by atoms with E-state index in [9.17, 15) is 0 Å². The number of hydrogen-bond acceptors (Lipinski definition) is 0. The Bertz CT molecular complexity index is 927. The van der Waals surface area contributed by atoms with Crippen molar-refractivity contribution >= 4 is 0 Å². The van der Waals surface area contributed by atoms with Crippen LogP contribution in [0, 0.1) is 5.92 Å². The molecule has 0 heteroatoms. The van der Waals surface area contributed by atoms with Crippen molar-refractivity contribution in [2.45, 2.75) is 65.2 Å². The van der Waals surface area contributed by atoms with Crippen LogP contribution in [-0.4, -0.2) is 0 Å². The van der Waals surface area contributed by atoms with Crippen molar-refractivity contribution in [3.63, 3.8) is 0 Å². The molecule has 0 bridgehead atoms. The van der Waals surface area contributed by atoms with E-state index < -0.39 is 0 Å². The van der Waals surface area contributed by atoms with E-state index in [-0.39, 0.29) is 10.8 Å². The molecule has 0 heterocycles. The Labute approximate surface area is 165 Å². The molecular weight excluding hydrogens is 324 g/mol. The highest BCUT2D eigenvalue weighted by atomic mass is 14.3. The van der Waals surface area contributed by atoms with Crippen molar-refractivity contribution in [3.8, 4) is 11.1 Å². The zero-order valence-corrected chi connectivity index (χ0v) is 17.7. The first-order valence-electron chi connectivity index (χ1n) is 10.3. The summed E-state index contributed by atoms with van der Waals surface area (Å²) in [6, 6.07) is 12.1. The molecule has 0 spiro atoms. The molecular formula is C27H32. The average molecular weight is 357 g/mol. The first kappa shape index (κ1) is 18.3. The second-order valence-corrected chi connectivity index (χ2v) is 10.4. The average Bonchev–Trinajstić information content (AvgIpc) is 3.19. The van der Waals surface area contributed by atoms with E-state index in [2.05, 4.69) is 96.2 Å². The summed E-state index contributed by atoms with van der Waals surface area (Å²) in [4.78, 5) is 0. The van der Waals surface area contributed by atoms with Gasteiger partial charge in [0.05, 0.1) is 0 Å². The molecule has 0 unspecified atom stereocenters.